The number of amides is 2. The van der Waals surface area contributed by atoms with E-state index >= 15 is 0 Å². The van der Waals surface area contributed by atoms with Gasteiger partial charge < -0.3 is 15.7 Å². The lowest BCUT2D eigenvalue weighted by molar-refractivity contribution is -0.139. The minimum atomic E-state index is -1.04. The molecule has 5 nitrogen and oxygen atoms in total. The van der Waals surface area contributed by atoms with Gasteiger partial charge in [0.1, 0.15) is 6.04 Å². The minimum absolute atomic E-state index is 0.404. The molecule has 110 valence electrons. The Morgan fingerprint density at radius 2 is 2.15 bits per heavy atom. The average molecular weight is 364 g/mol. The molecule has 1 atom stereocenters. The normalized spacial score (nSPS) is 11.8. The molecular formula is C13H16BrClN2O3. The van der Waals surface area contributed by atoms with Gasteiger partial charge in [-0.3, -0.25) is 0 Å². The highest BCUT2D eigenvalue weighted by molar-refractivity contribution is 9.10. The number of benzene rings is 1. The van der Waals surface area contributed by atoms with Crippen molar-refractivity contribution in [3.05, 3.63) is 27.7 Å². The Bertz CT molecular complexity index is 497. The first-order chi connectivity index (χ1) is 9.43. The molecule has 0 aliphatic rings. The first kappa shape index (κ1) is 16.8. The first-order valence-corrected chi connectivity index (χ1v) is 7.36. The van der Waals surface area contributed by atoms with Crippen molar-refractivity contribution in [2.45, 2.75) is 32.2 Å². The zero-order valence-corrected chi connectivity index (χ0v) is 13.3. The number of carboxylic acids is 1. The van der Waals surface area contributed by atoms with Crippen LogP contribution >= 0.6 is 27.5 Å². The molecule has 1 aromatic carbocycles. The van der Waals surface area contributed by atoms with Crippen molar-refractivity contribution >= 4 is 45.2 Å². The van der Waals surface area contributed by atoms with Gasteiger partial charge in [0.15, 0.2) is 0 Å². The molecule has 0 unspecified atom stereocenters. The van der Waals surface area contributed by atoms with Gasteiger partial charge in [-0.25, -0.2) is 9.59 Å². The summed E-state index contributed by atoms with van der Waals surface area (Å²) >= 11 is 9.07. The number of urea groups is 1. The van der Waals surface area contributed by atoms with Crippen molar-refractivity contribution in [1.82, 2.24) is 5.32 Å². The predicted molar refractivity (Wildman–Crippen MR) is 82.3 cm³/mol. The fraction of sp³-hybridized carbons (Fsp3) is 0.385. The Morgan fingerprint density at radius 3 is 2.70 bits per heavy atom. The van der Waals surface area contributed by atoms with E-state index in [4.69, 9.17) is 16.7 Å². The number of rotatable bonds is 6. The fourth-order valence-corrected chi connectivity index (χ4v) is 2.35. The SMILES string of the molecule is CCCC[C@H](NC(=O)Nc1ccc(Cl)cc1Br)C(=O)O. The Morgan fingerprint density at radius 1 is 1.45 bits per heavy atom. The first-order valence-electron chi connectivity index (χ1n) is 6.19. The van der Waals surface area contributed by atoms with Gasteiger partial charge in [-0.15, -0.1) is 0 Å². The van der Waals surface area contributed by atoms with Crippen LogP contribution in [0.2, 0.25) is 5.02 Å². The third-order valence-corrected chi connectivity index (χ3v) is 3.52. The van der Waals surface area contributed by atoms with E-state index in [1.54, 1.807) is 18.2 Å². The highest BCUT2D eigenvalue weighted by Gasteiger charge is 2.19. The average Bonchev–Trinajstić information content (AvgIpc) is 2.37. The lowest BCUT2D eigenvalue weighted by atomic mass is 10.1. The summed E-state index contributed by atoms with van der Waals surface area (Å²) in [6.07, 6.45) is 2.01. The third-order valence-electron chi connectivity index (χ3n) is 2.63. The smallest absolute Gasteiger partial charge is 0.326 e. The van der Waals surface area contributed by atoms with E-state index in [-0.39, 0.29) is 0 Å². The summed E-state index contributed by atoms with van der Waals surface area (Å²) in [5.74, 6) is -1.04. The topological polar surface area (TPSA) is 78.4 Å². The second-order valence-electron chi connectivity index (χ2n) is 4.26. The van der Waals surface area contributed by atoms with Crippen LogP contribution in [0.1, 0.15) is 26.2 Å². The van der Waals surface area contributed by atoms with E-state index in [0.29, 0.717) is 21.6 Å². The van der Waals surface area contributed by atoms with Crippen LogP contribution in [-0.4, -0.2) is 23.1 Å². The number of hydrogen-bond acceptors (Lipinski definition) is 2. The summed E-state index contributed by atoms with van der Waals surface area (Å²) in [7, 11) is 0. The summed E-state index contributed by atoms with van der Waals surface area (Å²) < 4.78 is 0.626. The van der Waals surface area contributed by atoms with E-state index in [0.717, 1.165) is 12.8 Å². The maximum Gasteiger partial charge on any atom is 0.326 e. The maximum atomic E-state index is 11.8. The van der Waals surface area contributed by atoms with E-state index in [9.17, 15) is 9.59 Å². The van der Waals surface area contributed by atoms with Crippen molar-refractivity contribution in [3.8, 4) is 0 Å². The van der Waals surface area contributed by atoms with Crippen LogP contribution in [0.5, 0.6) is 0 Å². The van der Waals surface area contributed by atoms with Crippen molar-refractivity contribution in [2.75, 3.05) is 5.32 Å². The number of nitrogens with one attached hydrogen (secondary N) is 2. The van der Waals surface area contributed by atoms with Crippen LogP contribution < -0.4 is 10.6 Å². The van der Waals surface area contributed by atoms with Gasteiger partial charge in [-0.2, -0.15) is 0 Å². The van der Waals surface area contributed by atoms with Crippen LogP contribution in [0.3, 0.4) is 0 Å². The van der Waals surface area contributed by atoms with Gasteiger partial charge >= 0.3 is 12.0 Å². The number of carbonyl (C=O) groups excluding carboxylic acids is 1. The van der Waals surface area contributed by atoms with Crippen molar-refractivity contribution in [2.24, 2.45) is 0 Å². The summed E-state index contributed by atoms with van der Waals surface area (Å²) in [4.78, 5) is 22.8. The molecule has 2 amide bonds. The number of hydrogen-bond donors (Lipinski definition) is 3. The molecule has 1 aromatic rings. The zero-order valence-electron chi connectivity index (χ0n) is 11.0. The Kier molecular flexibility index (Phi) is 6.81. The monoisotopic (exact) mass is 362 g/mol. The number of carboxylic acid groups (broad SMARTS) is 1. The molecule has 0 saturated carbocycles. The van der Waals surface area contributed by atoms with Crippen LogP contribution in [0.25, 0.3) is 0 Å². The molecule has 0 saturated heterocycles. The number of carbonyl (C=O) groups is 2. The zero-order chi connectivity index (χ0) is 15.1. The van der Waals surface area contributed by atoms with Crippen LogP contribution in [-0.2, 0) is 4.79 Å². The summed E-state index contributed by atoms with van der Waals surface area (Å²) in [5.41, 5.74) is 0.520. The molecule has 7 heteroatoms. The van der Waals surface area contributed by atoms with Crippen molar-refractivity contribution in [1.29, 1.82) is 0 Å². The van der Waals surface area contributed by atoms with Crippen molar-refractivity contribution < 1.29 is 14.7 Å². The minimum Gasteiger partial charge on any atom is -0.480 e. The van der Waals surface area contributed by atoms with Gasteiger partial charge in [-0.1, -0.05) is 31.4 Å². The fourth-order valence-electron chi connectivity index (χ4n) is 1.57. The van der Waals surface area contributed by atoms with Gasteiger partial charge in [0.2, 0.25) is 0 Å². The number of aliphatic carboxylic acids is 1. The highest BCUT2D eigenvalue weighted by atomic mass is 79.9. The second-order valence-corrected chi connectivity index (χ2v) is 5.55. The van der Waals surface area contributed by atoms with E-state index < -0.39 is 18.0 Å². The molecule has 3 N–H and O–H groups in total. The van der Waals surface area contributed by atoms with Gasteiger partial charge in [0.25, 0.3) is 0 Å². The lowest BCUT2D eigenvalue weighted by Gasteiger charge is -2.15. The van der Waals surface area contributed by atoms with E-state index in [1.165, 1.54) is 0 Å². The van der Waals surface area contributed by atoms with Gasteiger partial charge in [-0.05, 0) is 40.5 Å². The summed E-state index contributed by atoms with van der Waals surface area (Å²) in [6, 6.07) is 3.46. The second kappa shape index (κ2) is 8.11. The molecule has 0 radical (unpaired) electrons. The molecule has 0 bridgehead atoms. The Hall–Kier alpha value is -1.27. The van der Waals surface area contributed by atoms with Gasteiger partial charge in [0.05, 0.1) is 5.69 Å². The lowest BCUT2D eigenvalue weighted by Crippen LogP contribution is -2.43. The molecule has 0 aromatic heterocycles. The molecule has 0 fully saturated rings. The molecule has 0 heterocycles. The predicted octanol–water partition coefficient (Wildman–Crippen LogP) is 3.87. The summed E-state index contributed by atoms with van der Waals surface area (Å²) in [6.45, 7) is 1.96. The molecule has 0 aliphatic carbocycles. The number of unbranched alkanes of at least 4 members (excludes halogenated alkanes) is 1. The van der Waals surface area contributed by atoms with Gasteiger partial charge in [0, 0.05) is 9.50 Å². The van der Waals surface area contributed by atoms with E-state index in [2.05, 4.69) is 26.6 Å². The molecular weight excluding hydrogens is 348 g/mol. The maximum absolute atomic E-state index is 11.8. The molecule has 0 aliphatic heterocycles. The molecule has 0 spiro atoms. The van der Waals surface area contributed by atoms with Crippen LogP contribution in [0.4, 0.5) is 10.5 Å². The quantitative estimate of drug-likeness (QED) is 0.718. The van der Waals surface area contributed by atoms with Crippen LogP contribution in [0, 0.1) is 0 Å². The Labute approximate surface area is 130 Å². The molecule has 1 rings (SSSR count). The molecule has 20 heavy (non-hydrogen) atoms. The highest BCUT2D eigenvalue weighted by Crippen LogP contribution is 2.25. The largest absolute Gasteiger partial charge is 0.480 e. The van der Waals surface area contributed by atoms with Crippen molar-refractivity contribution in [3.63, 3.8) is 0 Å². The Balaban J connectivity index is 2.63. The third kappa shape index (κ3) is 5.38. The van der Waals surface area contributed by atoms with E-state index in [1.807, 2.05) is 6.92 Å². The standard InChI is InChI=1S/C13H16BrClN2O3/c1-2-3-4-11(12(18)19)17-13(20)16-10-6-5-8(15)7-9(10)14/h5-7,11H,2-4H2,1H3,(H,18,19)(H2,16,17,20)/t11-/m0/s1. The number of halogens is 2. The van der Waals surface area contributed by atoms with Crippen LogP contribution in [0.15, 0.2) is 22.7 Å². The summed E-state index contributed by atoms with van der Waals surface area (Å²) in [5, 5.41) is 14.6. The number of anilines is 1.